The largest absolute Gasteiger partial charge is 0.334 e. The molecule has 4 heteroatoms. The summed E-state index contributed by atoms with van der Waals surface area (Å²) in [5.41, 5.74) is 9.58. The van der Waals surface area contributed by atoms with E-state index in [1.54, 1.807) is 0 Å². The van der Waals surface area contributed by atoms with Crippen molar-refractivity contribution in [1.82, 2.24) is 5.32 Å². The van der Waals surface area contributed by atoms with Crippen molar-refractivity contribution in [3.8, 4) is 0 Å². The molecule has 0 spiro atoms. The van der Waals surface area contributed by atoms with Crippen LogP contribution in [0.15, 0.2) is 48.5 Å². The Hall–Kier alpha value is -2.33. The molecule has 4 nitrogen and oxygen atoms in total. The number of hydrogen-bond donors (Lipinski definition) is 3. The molecule has 4 N–H and O–H groups in total. The highest BCUT2D eigenvalue weighted by Crippen LogP contribution is 2.09. The molecule has 2 amide bonds. The molecule has 0 aliphatic heterocycles. The summed E-state index contributed by atoms with van der Waals surface area (Å²) in [6, 6.07) is 15.3. The van der Waals surface area contributed by atoms with Crippen molar-refractivity contribution in [3.05, 3.63) is 65.2 Å². The van der Waals surface area contributed by atoms with Crippen molar-refractivity contribution in [3.63, 3.8) is 0 Å². The summed E-state index contributed by atoms with van der Waals surface area (Å²) in [6.07, 6.45) is 0. The number of amides is 2. The summed E-state index contributed by atoms with van der Waals surface area (Å²) in [5, 5.41) is 5.62. The maximum Gasteiger partial charge on any atom is 0.319 e. The zero-order valence-electron chi connectivity index (χ0n) is 11.5. The van der Waals surface area contributed by atoms with Crippen LogP contribution in [0.4, 0.5) is 10.5 Å². The van der Waals surface area contributed by atoms with Crippen LogP contribution in [-0.4, -0.2) is 6.03 Å². The predicted molar refractivity (Wildman–Crippen MR) is 81.4 cm³/mol. The summed E-state index contributed by atoms with van der Waals surface area (Å²) in [5.74, 6) is 0. The van der Waals surface area contributed by atoms with Gasteiger partial charge in [0.25, 0.3) is 0 Å². The summed E-state index contributed by atoms with van der Waals surface area (Å²) in [6.45, 7) is 3.04. The number of urea groups is 1. The lowest BCUT2D eigenvalue weighted by molar-refractivity contribution is 0.251. The molecule has 20 heavy (non-hydrogen) atoms. The van der Waals surface area contributed by atoms with Gasteiger partial charge in [0.05, 0.1) is 0 Å². The molecule has 0 aliphatic carbocycles. The van der Waals surface area contributed by atoms with E-state index in [4.69, 9.17) is 5.73 Å². The van der Waals surface area contributed by atoms with E-state index in [2.05, 4.69) is 16.7 Å². The van der Waals surface area contributed by atoms with Gasteiger partial charge in [-0.2, -0.15) is 0 Å². The molecule has 0 atom stereocenters. The third kappa shape index (κ3) is 4.10. The lowest BCUT2D eigenvalue weighted by Crippen LogP contribution is -2.28. The highest BCUT2D eigenvalue weighted by atomic mass is 16.2. The van der Waals surface area contributed by atoms with Crippen LogP contribution in [0.5, 0.6) is 0 Å². The van der Waals surface area contributed by atoms with Crippen LogP contribution in [0.3, 0.4) is 0 Å². The fourth-order valence-corrected chi connectivity index (χ4v) is 1.90. The van der Waals surface area contributed by atoms with E-state index in [1.807, 2.05) is 49.4 Å². The summed E-state index contributed by atoms with van der Waals surface area (Å²) < 4.78 is 0. The highest BCUT2D eigenvalue weighted by Gasteiger charge is 2.01. The van der Waals surface area contributed by atoms with Crippen molar-refractivity contribution in [2.75, 3.05) is 5.32 Å². The Balaban J connectivity index is 1.85. The molecule has 0 radical (unpaired) electrons. The van der Waals surface area contributed by atoms with Crippen molar-refractivity contribution < 1.29 is 4.79 Å². The van der Waals surface area contributed by atoms with E-state index < -0.39 is 0 Å². The quantitative estimate of drug-likeness (QED) is 0.799. The van der Waals surface area contributed by atoms with Gasteiger partial charge in [0.1, 0.15) is 0 Å². The Bertz CT molecular complexity index is 579. The average molecular weight is 269 g/mol. The highest BCUT2D eigenvalue weighted by molar-refractivity contribution is 5.89. The minimum absolute atomic E-state index is 0.216. The monoisotopic (exact) mass is 269 g/mol. The molecule has 0 saturated heterocycles. The lowest BCUT2D eigenvalue weighted by Gasteiger charge is -2.08. The van der Waals surface area contributed by atoms with Gasteiger partial charge >= 0.3 is 6.03 Å². The number of hydrogen-bond acceptors (Lipinski definition) is 2. The maximum absolute atomic E-state index is 11.8. The topological polar surface area (TPSA) is 67.2 Å². The Labute approximate surface area is 119 Å². The van der Waals surface area contributed by atoms with Gasteiger partial charge in [-0.3, -0.25) is 0 Å². The Kier molecular flexibility index (Phi) is 4.74. The Morgan fingerprint density at radius 1 is 1.10 bits per heavy atom. The summed E-state index contributed by atoms with van der Waals surface area (Å²) in [4.78, 5) is 11.8. The molecule has 104 valence electrons. The van der Waals surface area contributed by atoms with Crippen LogP contribution in [0.25, 0.3) is 0 Å². The Morgan fingerprint density at radius 2 is 1.85 bits per heavy atom. The van der Waals surface area contributed by atoms with Crippen molar-refractivity contribution in [1.29, 1.82) is 0 Å². The molecule has 0 aromatic heterocycles. The number of nitrogens with two attached hydrogens (primary N) is 1. The number of anilines is 1. The molecule has 2 aromatic rings. The van der Waals surface area contributed by atoms with Crippen LogP contribution < -0.4 is 16.4 Å². The number of nitrogens with one attached hydrogen (secondary N) is 2. The van der Waals surface area contributed by atoms with Crippen molar-refractivity contribution in [2.45, 2.75) is 20.0 Å². The van der Waals surface area contributed by atoms with Gasteiger partial charge in [0, 0.05) is 18.8 Å². The van der Waals surface area contributed by atoms with E-state index in [0.29, 0.717) is 13.1 Å². The number of rotatable bonds is 4. The van der Waals surface area contributed by atoms with Crippen LogP contribution in [0, 0.1) is 6.92 Å². The molecule has 2 aromatic carbocycles. The first-order chi connectivity index (χ1) is 9.67. The molecule has 0 saturated carbocycles. The predicted octanol–water partition coefficient (Wildman–Crippen LogP) is 2.78. The second-order valence-electron chi connectivity index (χ2n) is 4.70. The van der Waals surface area contributed by atoms with Gasteiger partial charge < -0.3 is 16.4 Å². The first-order valence-corrected chi connectivity index (χ1v) is 6.57. The van der Waals surface area contributed by atoms with Gasteiger partial charge in [0.15, 0.2) is 0 Å². The molecule has 2 rings (SSSR count). The summed E-state index contributed by atoms with van der Waals surface area (Å²) in [7, 11) is 0. The standard InChI is InChI=1S/C16H19N3O/c1-12-3-2-4-14(9-12)11-18-16(20)19-15-7-5-13(10-17)6-8-15/h2-9H,10-11,17H2,1H3,(H2,18,19,20). The van der Waals surface area contributed by atoms with Gasteiger partial charge in [-0.25, -0.2) is 4.79 Å². The fourth-order valence-electron chi connectivity index (χ4n) is 1.90. The van der Waals surface area contributed by atoms with Gasteiger partial charge in [0.2, 0.25) is 0 Å². The van der Waals surface area contributed by atoms with Crippen molar-refractivity contribution in [2.24, 2.45) is 5.73 Å². The lowest BCUT2D eigenvalue weighted by atomic mass is 10.1. The van der Waals surface area contributed by atoms with E-state index in [1.165, 1.54) is 5.56 Å². The summed E-state index contributed by atoms with van der Waals surface area (Å²) >= 11 is 0. The Morgan fingerprint density at radius 3 is 2.50 bits per heavy atom. The van der Waals surface area contributed by atoms with Crippen LogP contribution in [0.2, 0.25) is 0 Å². The second kappa shape index (κ2) is 6.73. The van der Waals surface area contributed by atoms with E-state index in [9.17, 15) is 4.79 Å². The zero-order valence-corrected chi connectivity index (χ0v) is 11.5. The first-order valence-electron chi connectivity index (χ1n) is 6.57. The number of carbonyl (C=O) groups excluding carboxylic acids is 1. The van der Waals surface area contributed by atoms with Crippen LogP contribution >= 0.6 is 0 Å². The van der Waals surface area contributed by atoms with E-state index in [0.717, 1.165) is 16.8 Å². The number of aryl methyl sites for hydroxylation is 1. The van der Waals surface area contributed by atoms with Crippen molar-refractivity contribution >= 4 is 11.7 Å². The first kappa shape index (κ1) is 14.1. The van der Waals surface area contributed by atoms with E-state index >= 15 is 0 Å². The minimum Gasteiger partial charge on any atom is -0.334 e. The number of carbonyl (C=O) groups is 1. The third-order valence-electron chi connectivity index (χ3n) is 2.98. The molecule has 0 aliphatic rings. The minimum atomic E-state index is -0.216. The SMILES string of the molecule is Cc1cccc(CNC(=O)Nc2ccc(CN)cc2)c1. The molecule has 0 heterocycles. The molecule has 0 unspecified atom stereocenters. The van der Waals surface area contributed by atoms with E-state index in [-0.39, 0.29) is 6.03 Å². The maximum atomic E-state index is 11.8. The van der Waals surface area contributed by atoms with Gasteiger partial charge in [-0.1, -0.05) is 42.0 Å². The van der Waals surface area contributed by atoms with Gasteiger partial charge in [-0.05, 0) is 30.2 Å². The fraction of sp³-hybridized carbons (Fsp3) is 0.188. The third-order valence-corrected chi connectivity index (χ3v) is 2.98. The normalized spacial score (nSPS) is 10.1. The van der Waals surface area contributed by atoms with Crippen LogP contribution in [-0.2, 0) is 13.1 Å². The average Bonchev–Trinajstić information content (AvgIpc) is 2.46. The molecular weight excluding hydrogens is 250 g/mol. The molecular formula is C16H19N3O. The molecule has 0 fully saturated rings. The second-order valence-corrected chi connectivity index (χ2v) is 4.70. The van der Waals surface area contributed by atoms with Crippen LogP contribution in [0.1, 0.15) is 16.7 Å². The zero-order chi connectivity index (χ0) is 14.4. The smallest absolute Gasteiger partial charge is 0.319 e. The number of benzene rings is 2. The van der Waals surface area contributed by atoms with Gasteiger partial charge in [-0.15, -0.1) is 0 Å². The molecule has 0 bridgehead atoms.